The number of aromatic nitrogens is 3. The number of rotatable bonds is 11. The number of nitrogens with one attached hydrogen (secondary N) is 1. The molecule has 0 fully saturated rings. The minimum atomic E-state index is -4.06. The van der Waals surface area contributed by atoms with Crippen LogP contribution in [0, 0.1) is 5.92 Å². The van der Waals surface area contributed by atoms with Crippen molar-refractivity contribution >= 4 is 27.2 Å². The van der Waals surface area contributed by atoms with Crippen molar-refractivity contribution in [3.63, 3.8) is 0 Å². The van der Waals surface area contributed by atoms with Crippen LogP contribution in [0.3, 0.4) is 0 Å². The van der Waals surface area contributed by atoms with Gasteiger partial charge in [0.1, 0.15) is 23.5 Å². The van der Waals surface area contributed by atoms with Crippen LogP contribution in [0.2, 0.25) is 0 Å². The first-order chi connectivity index (χ1) is 14.8. The summed E-state index contributed by atoms with van der Waals surface area (Å²) in [5, 5.41) is 19.6. The second-order valence-electron chi connectivity index (χ2n) is 7.11. The zero-order valence-corrected chi connectivity index (χ0v) is 18.2. The van der Waals surface area contributed by atoms with E-state index in [0.717, 1.165) is 16.7 Å². The van der Waals surface area contributed by atoms with Crippen molar-refractivity contribution in [3.05, 3.63) is 48.4 Å². The SMILES string of the molecule is CC[C@@H](COS(N)(=O)=O)[C@@H](O)Cn1ccc2c(NCc3ccccc3OC)ncnc21. The van der Waals surface area contributed by atoms with Crippen LogP contribution in [-0.4, -0.2) is 47.9 Å². The molecule has 2 heterocycles. The molecule has 0 saturated carbocycles. The average molecular weight is 450 g/mol. The fourth-order valence-corrected chi connectivity index (χ4v) is 3.72. The fourth-order valence-electron chi connectivity index (χ4n) is 3.35. The van der Waals surface area contributed by atoms with Gasteiger partial charge in [0.05, 0.1) is 31.8 Å². The van der Waals surface area contributed by atoms with Crippen LogP contribution in [0.15, 0.2) is 42.9 Å². The molecule has 0 aliphatic carbocycles. The van der Waals surface area contributed by atoms with Crippen LogP contribution in [0.4, 0.5) is 5.82 Å². The van der Waals surface area contributed by atoms with E-state index in [2.05, 4.69) is 19.5 Å². The molecular weight excluding hydrogens is 422 g/mol. The number of aliphatic hydroxyl groups is 1. The van der Waals surface area contributed by atoms with Gasteiger partial charge in [-0.2, -0.15) is 8.42 Å². The summed E-state index contributed by atoms with van der Waals surface area (Å²) in [5.41, 5.74) is 1.64. The Morgan fingerprint density at radius 3 is 2.74 bits per heavy atom. The molecule has 168 valence electrons. The number of para-hydroxylation sites is 1. The summed E-state index contributed by atoms with van der Waals surface area (Å²) in [5.74, 6) is 1.04. The Labute approximate surface area is 181 Å². The highest BCUT2D eigenvalue weighted by Gasteiger charge is 2.21. The Morgan fingerprint density at radius 1 is 1.26 bits per heavy atom. The summed E-state index contributed by atoms with van der Waals surface area (Å²) in [6.45, 7) is 2.40. The molecule has 0 saturated heterocycles. The fraction of sp³-hybridized carbons (Fsp3) is 0.400. The number of methoxy groups -OCH3 is 1. The molecule has 4 N–H and O–H groups in total. The lowest BCUT2D eigenvalue weighted by atomic mass is 10.0. The number of hydrogen-bond acceptors (Lipinski definition) is 8. The highest BCUT2D eigenvalue weighted by atomic mass is 32.2. The molecule has 31 heavy (non-hydrogen) atoms. The second-order valence-corrected chi connectivity index (χ2v) is 8.33. The van der Waals surface area contributed by atoms with Crippen LogP contribution in [0.1, 0.15) is 18.9 Å². The number of aliphatic hydroxyl groups excluding tert-OH is 1. The third-order valence-electron chi connectivity index (χ3n) is 5.09. The number of nitrogens with zero attached hydrogens (tertiary/aromatic N) is 3. The molecule has 0 radical (unpaired) electrons. The van der Waals surface area contributed by atoms with Gasteiger partial charge in [0.2, 0.25) is 0 Å². The maximum absolute atomic E-state index is 11.0. The molecule has 2 aromatic heterocycles. The van der Waals surface area contributed by atoms with Gasteiger partial charge < -0.3 is 19.7 Å². The first-order valence-electron chi connectivity index (χ1n) is 9.83. The van der Waals surface area contributed by atoms with E-state index in [1.165, 1.54) is 6.33 Å². The molecule has 0 aliphatic rings. The Balaban J connectivity index is 1.74. The highest BCUT2D eigenvalue weighted by molar-refractivity contribution is 7.84. The number of benzene rings is 1. The maximum atomic E-state index is 11.0. The number of anilines is 1. The van der Waals surface area contributed by atoms with E-state index in [1.807, 2.05) is 43.5 Å². The van der Waals surface area contributed by atoms with Gasteiger partial charge in [0, 0.05) is 24.2 Å². The summed E-state index contributed by atoms with van der Waals surface area (Å²) in [6.07, 6.45) is 2.94. The van der Waals surface area contributed by atoms with Crippen molar-refractivity contribution in [1.29, 1.82) is 0 Å². The van der Waals surface area contributed by atoms with Gasteiger partial charge in [0.25, 0.3) is 0 Å². The van der Waals surface area contributed by atoms with Crippen LogP contribution >= 0.6 is 0 Å². The van der Waals surface area contributed by atoms with Crippen LogP contribution in [0.25, 0.3) is 11.0 Å². The second kappa shape index (κ2) is 10.1. The lowest BCUT2D eigenvalue weighted by Gasteiger charge is -2.21. The molecule has 11 heteroatoms. The molecule has 2 atom stereocenters. The standard InChI is InChI=1S/C20H27N5O5S/c1-3-14(12-30-31(21,27)28)17(26)11-25-9-8-16-19(23-13-24-20(16)25)22-10-15-6-4-5-7-18(15)29-2/h4-9,13-14,17,26H,3,10-12H2,1-2H3,(H2,21,27,28)(H,22,23,24)/t14-,17-/m0/s1. The lowest BCUT2D eigenvalue weighted by molar-refractivity contribution is 0.0616. The largest absolute Gasteiger partial charge is 0.496 e. The topological polar surface area (TPSA) is 142 Å². The third-order valence-corrected chi connectivity index (χ3v) is 5.56. The van der Waals surface area contributed by atoms with Crippen molar-refractivity contribution < 1.29 is 22.4 Å². The van der Waals surface area contributed by atoms with Gasteiger partial charge in [-0.25, -0.2) is 15.1 Å². The smallest absolute Gasteiger partial charge is 0.333 e. The number of hydrogen-bond donors (Lipinski definition) is 3. The average Bonchev–Trinajstić information content (AvgIpc) is 3.15. The highest BCUT2D eigenvalue weighted by Crippen LogP contribution is 2.24. The zero-order chi connectivity index (χ0) is 22.4. The number of nitrogens with two attached hydrogens (primary N) is 1. The summed E-state index contributed by atoms with van der Waals surface area (Å²) >= 11 is 0. The number of fused-ring (bicyclic) bond motifs is 1. The molecule has 1 aromatic carbocycles. The zero-order valence-electron chi connectivity index (χ0n) is 17.4. The predicted molar refractivity (Wildman–Crippen MR) is 117 cm³/mol. The first-order valence-corrected chi connectivity index (χ1v) is 11.3. The van der Waals surface area contributed by atoms with E-state index in [1.54, 1.807) is 11.7 Å². The van der Waals surface area contributed by atoms with E-state index in [0.29, 0.717) is 24.4 Å². The molecule has 0 spiro atoms. The molecule has 3 rings (SSSR count). The lowest BCUT2D eigenvalue weighted by Crippen LogP contribution is -2.31. The van der Waals surface area contributed by atoms with Crippen LogP contribution < -0.4 is 15.2 Å². The Hall–Kier alpha value is -2.73. The van der Waals surface area contributed by atoms with Crippen LogP contribution in [0.5, 0.6) is 5.75 Å². The van der Waals surface area contributed by atoms with Crippen molar-refractivity contribution in [2.24, 2.45) is 11.1 Å². The summed E-state index contributed by atoms with van der Waals surface area (Å²) in [6, 6.07) is 9.59. The van der Waals surface area contributed by atoms with E-state index in [-0.39, 0.29) is 13.2 Å². The van der Waals surface area contributed by atoms with Gasteiger partial charge in [0.15, 0.2) is 0 Å². The van der Waals surface area contributed by atoms with E-state index in [9.17, 15) is 13.5 Å². The molecule has 0 unspecified atom stereocenters. The number of ether oxygens (including phenoxy) is 1. The van der Waals surface area contributed by atoms with Gasteiger partial charge >= 0.3 is 10.3 Å². The van der Waals surface area contributed by atoms with Gasteiger partial charge in [-0.3, -0.25) is 4.18 Å². The molecule has 0 amide bonds. The normalized spacial score (nSPS) is 13.8. The molecular formula is C20H27N5O5S. The quantitative estimate of drug-likeness (QED) is 0.401. The van der Waals surface area contributed by atoms with Crippen molar-refractivity contribution in [3.8, 4) is 5.75 Å². The minimum Gasteiger partial charge on any atom is -0.496 e. The molecule has 10 nitrogen and oxygen atoms in total. The predicted octanol–water partition coefficient (Wildman–Crippen LogP) is 1.66. The van der Waals surface area contributed by atoms with E-state index < -0.39 is 22.3 Å². The monoisotopic (exact) mass is 449 g/mol. The van der Waals surface area contributed by atoms with Gasteiger partial charge in [-0.1, -0.05) is 25.1 Å². The molecule has 0 bridgehead atoms. The van der Waals surface area contributed by atoms with Crippen molar-refractivity contribution in [2.45, 2.75) is 32.5 Å². The summed E-state index contributed by atoms with van der Waals surface area (Å²) in [4.78, 5) is 8.68. The molecule has 0 aliphatic heterocycles. The Morgan fingerprint density at radius 2 is 2.03 bits per heavy atom. The summed E-state index contributed by atoms with van der Waals surface area (Å²) < 4.78 is 33.9. The van der Waals surface area contributed by atoms with E-state index in [4.69, 9.17) is 9.88 Å². The first kappa shape index (κ1) is 22.9. The molecule has 3 aromatic rings. The summed E-state index contributed by atoms with van der Waals surface area (Å²) in [7, 11) is -2.43. The van der Waals surface area contributed by atoms with Crippen molar-refractivity contribution in [2.75, 3.05) is 19.0 Å². The Bertz CT molecular complexity index is 1120. The van der Waals surface area contributed by atoms with Crippen LogP contribution in [-0.2, 0) is 27.6 Å². The van der Waals surface area contributed by atoms with Gasteiger partial charge in [-0.05, 0) is 18.6 Å². The minimum absolute atomic E-state index is 0.184. The third kappa shape index (κ3) is 5.91. The van der Waals surface area contributed by atoms with E-state index >= 15 is 0 Å². The van der Waals surface area contributed by atoms with Crippen molar-refractivity contribution in [1.82, 2.24) is 14.5 Å². The van der Waals surface area contributed by atoms with Gasteiger partial charge in [-0.15, -0.1) is 0 Å². The maximum Gasteiger partial charge on any atom is 0.333 e. The Kier molecular flexibility index (Phi) is 7.44.